The fourth-order valence-electron chi connectivity index (χ4n) is 4.92. The first-order chi connectivity index (χ1) is 11.0. The molecule has 3 nitrogen and oxygen atoms in total. The van der Waals surface area contributed by atoms with E-state index in [0.29, 0.717) is 6.10 Å². The zero-order valence-electron chi connectivity index (χ0n) is 13.6. The van der Waals surface area contributed by atoms with Gasteiger partial charge in [0, 0.05) is 17.0 Å². The average molecular weight is 395 g/mol. The Morgan fingerprint density at radius 2 is 2.04 bits per heavy atom. The van der Waals surface area contributed by atoms with Gasteiger partial charge in [0.25, 0.3) is 0 Å². The zero-order valence-corrected chi connectivity index (χ0v) is 16.0. The van der Waals surface area contributed by atoms with Crippen molar-refractivity contribution in [3.05, 3.63) is 33.8 Å². The van der Waals surface area contributed by atoms with Gasteiger partial charge in [0.2, 0.25) is 0 Å². The lowest BCUT2D eigenvalue weighted by Crippen LogP contribution is -2.59. The molecule has 2 fully saturated rings. The van der Waals surface area contributed by atoms with Crippen LogP contribution in [-0.4, -0.2) is 24.2 Å². The summed E-state index contributed by atoms with van der Waals surface area (Å²) in [5, 5.41) is 7.56. The fraction of sp³-hybridized carbons (Fsp3) is 0.611. The highest BCUT2D eigenvalue weighted by molar-refractivity contribution is 9.10. The molecule has 2 atom stereocenters. The number of rotatable bonds is 1. The normalized spacial score (nSPS) is 39.0. The molecule has 0 bridgehead atoms. The molecule has 2 spiro atoms. The van der Waals surface area contributed by atoms with Crippen molar-refractivity contribution >= 4 is 33.1 Å². The van der Waals surface area contributed by atoms with Crippen LogP contribution in [0.3, 0.4) is 0 Å². The van der Waals surface area contributed by atoms with E-state index in [1.54, 1.807) is 0 Å². The van der Waals surface area contributed by atoms with Crippen molar-refractivity contribution in [2.24, 2.45) is 5.41 Å². The van der Waals surface area contributed by atoms with Crippen LogP contribution >= 0.6 is 28.1 Å². The minimum Gasteiger partial charge on any atom is -0.381 e. The smallest absolute Gasteiger partial charge is 0.122 e. The van der Waals surface area contributed by atoms with E-state index >= 15 is 0 Å². The van der Waals surface area contributed by atoms with Crippen LogP contribution in [0.2, 0.25) is 0 Å². The number of ether oxygens (including phenoxy) is 1. The van der Waals surface area contributed by atoms with E-state index in [9.17, 15) is 0 Å². The maximum atomic E-state index is 5.61. The van der Waals surface area contributed by atoms with Gasteiger partial charge in [0.15, 0.2) is 0 Å². The van der Waals surface area contributed by atoms with Crippen molar-refractivity contribution in [3.63, 3.8) is 0 Å². The molecule has 23 heavy (non-hydrogen) atoms. The third-order valence-corrected chi connectivity index (χ3v) is 7.11. The lowest BCUT2D eigenvalue weighted by molar-refractivity contribution is -0.0173. The Balaban J connectivity index is 1.80. The van der Waals surface area contributed by atoms with E-state index in [1.807, 2.05) is 7.11 Å². The van der Waals surface area contributed by atoms with Crippen molar-refractivity contribution in [3.8, 4) is 0 Å². The van der Waals surface area contributed by atoms with Crippen molar-refractivity contribution in [2.45, 2.75) is 56.8 Å². The highest BCUT2D eigenvalue weighted by Gasteiger charge is 2.61. The molecule has 1 aromatic rings. The molecule has 0 amide bonds. The molecule has 0 aromatic heterocycles. The van der Waals surface area contributed by atoms with Gasteiger partial charge >= 0.3 is 0 Å². The van der Waals surface area contributed by atoms with Gasteiger partial charge in [-0.2, -0.15) is 0 Å². The largest absolute Gasteiger partial charge is 0.381 e. The SMILES string of the molecule is COC1CCC2(CC1)Cc1ccc(Br)cc1[C@]21NC(=S)[C@H](C)N1. The molecule has 3 aliphatic rings. The van der Waals surface area contributed by atoms with Gasteiger partial charge in [-0.3, -0.25) is 5.32 Å². The standard InChI is InChI=1S/C18H23BrN2OS/c1-11-16(23)21-18(20-11)15-9-13(19)4-3-12(15)10-17(18)7-5-14(22-2)6-8-17/h3-4,9,11,14,20H,5-8,10H2,1-2H3,(H,21,23)/t11-,14?,17?,18-/m0/s1. The lowest BCUT2D eigenvalue weighted by atomic mass is 9.65. The summed E-state index contributed by atoms with van der Waals surface area (Å²) >= 11 is 9.25. The first kappa shape index (κ1) is 16.0. The van der Waals surface area contributed by atoms with Gasteiger partial charge in [0.05, 0.1) is 17.1 Å². The van der Waals surface area contributed by atoms with Gasteiger partial charge in [-0.1, -0.05) is 34.2 Å². The minimum atomic E-state index is -0.221. The molecule has 1 saturated heterocycles. The number of halogens is 1. The van der Waals surface area contributed by atoms with E-state index in [1.165, 1.54) is 11.1 Å². The van der Waals surface area contributed by atoms with Crippen molar-refractivity contribution in [1.82, 2.24) is 10.6 Å². The van der Waals surface area contributed by atoms with Gasteiger partial charge < -0.3 is 10.1 Å². The van der Waals surface area contributed by atoms with Gasteiger partial charge in [-0.05, 0) is 62.3 Å². The maximum Gasteiger partial charge on any atom is 0.122 e. The molecule has 124 valence electrons. The van der Waals surface area contributed by atoms with Gasteiger partial charge in [-0.15, -0.1) is 0 Å². The predicted molar refractivity (Wildman–Crippen MR) is 99.6 cm³/mol. The summed E-state index contributed by atoms with van der Waals surface area (Å²) in [6.45, 7) is 2.16. The van der Waals surface area contributed by atoms with Crippen molar-refractivity contribution in [1.29, 1.82) is 0 Å². The Morgan fingerprint density at radius 1 is 1.30 bits per heavy atom. The lowest BCUT2D eigenvalue weighted by Gasteiger charge is -2.48. The van der Waals surface area contributed by atoms with E-state index in [2.05, 4.69) is 51.7 Å². The number of hydrogen-bond donors (Lipinski definition) is 2. The molecular formula is C18H23BrN2OS. The second-order valence-corrected chi connectivity index (χ2v) is 8.65. The fourth-order valence-corrected chi connectivity index (χ4v) is 5.49. The number of fused-ring (bicyclic) bond motifs is 3. The van der Waals surface area contributed by atoms with Crippen LogP contribution < -0.4 is 10.6 Å². The summed E-state index contributed by atoms with van der Waals surface area (Å²) in [5.41, 5.74) is 2.77. The van der Waals surface area contributed by atoms with E-state index in [4.69, 9.17) is 17.0 Å². The summed E-state index contributed by atoms with van der Waals surface area (Å²) < 4.78 is 6.74. The molecule has 5 heteroatoms. The molecule has 1 aliphatic heterocycles. The summed E-state index contributed by atoms with van der Waals surface area (Å²) in [7, 11) is 1.84. The highest BCUT2D eigenvalue weighted by Crippen LogP contribution is 2.58. The van der Waals surface area contributed by atoms with Crippen LogP contribution in [0, 0.1) is 5.41 Å². The molecule has 2 N–H and O–H groups in total. The monoisotopic (exact) mass is 394 g/mol. The quantitative estimate of drug-likeness (QED) is 0.712. The number of hydrogen-bond acceptors (Lipinski definition) is 3. The van der Waals surface area contributed by atoms with Crippen molar-refractivity contribution < 1.29 is 4.74 Å². The Bertz CT molecular complexity index is 656. The van der Waals surface area contributed by atoms with Crippen LogP contribution in [0.15, 0.2) is 22.7 Å². The summed E-state index contributed by atoms with van der Waals surface area (Å²) in [6.07, 6.45) is 6.08. The highest BCUT2D eigenvalue weighted by atomic mass is 79.9. The molecule has 1 aromatic carbocycles. The minimum absolute atomic E-state index is 0.181. The molecule has 1 saturated carbocycles. The molecule has 0 radical (unpaired) electrons. The second-order valence-electron chi connectivity index (χ2n) is 7.30. The number of benzene rings is 1. The van der Waals surface area contributed by atoms with Crippen LogP contribution in [0.25, 0.3) is 0 Å². The van der Waals surface area contributed by atoms with Crippen LogP contribution in [0.5, 0.6) is 0 Å². The molecule has 4 rings (SSSR count). The molecule has 0 unspecified atom stereocenters. The third kappa shape index (κ3) is 2.24. The summed E-state index contributed by atoms with van der Waals surface area (Å²) in [6, 6.07) is 6.91. The van der Waals surface area contributed by atoms with E-state index in [0.717, 1.165) is 41.6 Å². The maximum absolute atomic E-state index is 5.61. The summed E-state index contributed by atoms with van der Waals surface area (Å²) in [5.74, 6) is 0. The third-order valence-electron chi connectivity index (χ3n) is 6.16. The van der Waals surface area contributed by atoms with E-state index < -0.39 is 0 Å². The second kappa shape index (κ2) is 5.51. The van der Waals surface area contributed by atoms with Crippen LogP contribution in [0.1, 0.15) is 43.7 Å². The Kier molecular flexibility index (Phi) is 3.84. The average Bonchev–Trinajstić information content (AvgIpc) is 2.97. The van der Waals surface area contributed by atoms with Crippen LogP contribution in [0.4, 0.5) is 0 Å². The summed E-state index contributed by atoms with van der Waals surface area (Å²) in [4.78, 5) is 0.936. The molecular weight excluding hydrogens is 372 g/mol. The predicted octanol–water partition coefficient (Wildman–Crippen LogP) is 3.64. The molecule has 1 heterocycles. The van der Waals surface area contributed by atoms with Crippen LogP contribution in [-0.2, 0) is 16.8 Å². The number of nitrogens with one attached hydrogen (secondary N) is 2. The Morgan fingerprint density at radius 3 is 2.65 bits per heavy atom. The number of methoxy groups -OCH3 is 1. The Hall–Kier alpha value is -0.490. The van der Waals surface area contributed by atoms with Gasteiger partial charge in [-0.25, -0.2) is 0 Å². The molecule has 2 aliphatic carbocycles. The van der Waals surface area contributed by atoms with Crippen molar-refractivity contribution in [2.75, 3.05) is 7.11 Å². The topological polar surface area (TPSA) is 33.3 Å². The Labute approximate surface area is 151 Å². The number of thiocarbonyl (C=S) groups is 1. The van der Waals surface area contributed by atoms with Gasteiger partial charge in [0.1, 0.15) is 5.66 Å². The first-order valence-electron chi connectivity index (χ1n) is 8.41. The zero-order chi connectivity index (χ0) is 16.2. The van der Waals surface area contributed by atoms with E-state index in [-0.39, 0.29) is 17.1 Å². The first-order valence-corrected chi connectivity index (χ1v) is 9.61.